The van der Waals surface area contributed by atoms with Crippen molar-refractivity contribution in [3.05, 3.63) is 29.3 Å². The number of likely N-dealkylation sites (tertiary alicyclic amines) is 1. The highest BCUT2D eigenvalue weighted by Crippen LogP contribution is 2.27. The highest BCUT2D eigenvalue weighted by molar-refractivity contribution is 5.99. The molecule has 2 aliphatic rings. The van der Waals surface area contributed by atoms with Crippen LogP contribution in [0.4, 0.5) is 5.69 Å². The molecule has 0 aliphatic carbocycles. The number of nitrogens with one attached hydrogen (secondary N) is 2. The number of benzene rings is 1. The predicted molar refractivity (Wildman–Crippen MR) is 129 cm³/mol. The van der Waals surface area contributed by atoms with Crippen molar-refractivity contribution in [3.8, 4) is 0 Å². The van der Waals surface area contributed by atoms with Crippen LogP contribution in [0.3, 0.4) is 0 Å². The first kappa shape index (κ1) is 26.5. The number of amides is 3. The molecular formula is C25H36N4O6. The number of esters is 1. The molecule has 1 aromatic rings. The molecule has 2 heterocycles. The van der Waals surface area contributed by atoms with E-state index in [-0.39, 0.29) is 24.1 Å². The molecule has 2 aliphatic heterocycles. The van der Waals surface area contributed by atoms with Gasteiger partial charge in [-0.1, -0.05) is 20.8 Å². The molecule has 2 saturated heterocycles. The lowest BCUT2D eigenvalue weighted by atomic mass is 9.85. The molecule has 192 valence electrons. The molecule has 0 radical (unpaired) electrons. The molecule has 10 heteroatoms. The van der Waals surface area contributed by atoms with E-state index in [4.69, 9.17) is 15.2 Å². The van der Waals surface area contributed by atoms with Gasteiger partial charge in [0.1, 0.15) is 18.1 Å². The van der Waals surface area contributed by atoms with E-state index in [1.807, 2.05) is 27.7 Å². The monoisotopic (exact) mass is 488 g/mol. The second-order valence-electron chi connectivity index (χ2n) is 10.2. The van der Waals surface area contributed by atoms with Crippen molar-refractivity contribution in [1.29, 1.82) is 0 Å². The summed E-state index contributed by atoms with van der Waals surface area (Å²) in [7, 11) is 0. The first-order valence-corrected chi connectivity index (χ1v) is 12.0. The number of carbonyl (C=O) groups is 4. The van der Waals surface area contributed by atoms with E-state index in [1.165, 1.54) is 4.90 Å². The van der Waals surface area contributed by atoms with Gasteiger partial charge in [-0.15, -0.1) is 0 Å². The van der Waals surface area contributed by atoms with E-state index in [9.17, 15) is 19.2 Å². The molecule has 35 heavy (non-hydrogen) atoms. The van der Waals surface area contributed by atoms with Crippen LogP contribution in [-0.2, 0) is 23.9 Å². The summed E-state index contributed by atoms with van der Waals surface area (Å²) < 4.78 is 10.5. The minimum Gasteiger partial charge on any atom is -0.433 e. The van der Waals surface area contributed by atoms with Crippen molar-refractivity contribution >= 4 is 29.4 Å². The maximum Gasteiger partial charge on any atom is 0.310 e. The molecule has 3 amide bonds. The number of nitrogens with two attached hydrogens (primary N) is 1. The van der Waals surface area contributed by atoms with Crippen LogP contribution < -0.4 is 16.4 Å². The van der Waals surface area contributed by atoms with Crippen molar-refractivity contribution in [3.63, 3.8) is 0 Å². The number of nitrogens with zero attached hydrogens (tertiary/aromatic N) is 1. The largest absolute Gasteiger partial charge is 0.433 e. The minimum atomic E-state index is -0.853. The van der Waals surface area contributed by atoms with Gasteiger partial charge in [0.25, 0.3) is 5.91 Å². The summed E-state index contributed by atoms with van der Waals surface area (Å²) in [6.45, 7) is 9.91. The van der Waals surface area contributed by atoms with Crippen LogP contribution in [0.1, 0.15) is 62.9 Å². The van der Waals surface area contributed by atoms with E-state index in [0.29, 0.717) is 37.2 Å². The highest BCUT2D eigenvalue weighted by atomic mass is 16.7. The Balaban J connectivity index is 1.74. The zero-order chi connectivity index (χ0) is 25.9. The summed E-state index contributed by atoms with van der Waals surface area (Å²) in [6.07, 6.45) is 0.312. The number of nitrogen functional groups attached to an aromatic ring is 1. The summed E-state index contributed by atoms with van der Waals surface area (Å²) in [5.74, 6) is -1.52. The van der Waals surface area contributed by atoms with E-state index in [2.05, 4.69) is 10.6 Å². The third-order valence-electron chi connectivity index (χ3n) is 6.38. The zero-order valence-corrected chi connectivity index (χ0v) is 21.1. The van der Waals surface area contributed by atoms with Crippen LogP contribution in [0, 0.1) is 12.3 Å². The summed E-state index contributed by atoms with van der Waals surface area (Å²) in [5.41, 5.74) is 7.01. The maximum absolute atomic E-state index is 13.7. The lowest BCUT2D eigenvalue weighted by molar-refractivity contribution is -0.164. The van der Waals surface area contributed by atoms with E-state index in [1.54, 1.807) is 25.1 Å². The average Bonchev–Trinajstić information content (AvgIpc) is 3.39. The average molecular weight is 489 g/mol. The standard InChI is InChI=1S/C25H36N4O6/c1-6-34-24-17(13-19(30)35-24)27-22(32)18-8-7-11-29(18)23(33)20(25(3,4)5)28-21(31)15-9-10-16(26)14(2)12-15/h9-10,12,17-18,20,24H,6-8,11,13,26H2,1-5H3,(H,27,32)(H,28,31)/t17-,18-,20+,24+/m0/s1. The quantitative estimate of drug-likeness (QED) is 0.390. The van der Waals surface area contributed by atoms with Gasteiger partial charge in [0, 0.05) is 24.4 Å². The molecular weight excluding hydrogens is 452 g/mol. The summed E-state index contributed by atoms with van der Waals surface area (Å²) in [6, 6.07) is 2.79. The predicted octanol–water partition coefficient (Wildman–Crippen LogP) is 1.51. The molecule has 4 atom stereocenters. The van der Waals surface area contributed by atoms with Crippen LogP contribution in [-0.4, -0.2) is 66.2 Å². The van der Waals surface area contributed by atoms with E-state index in [0.717, 1.165) is 5.56 Å². The van der Waals surface area contributed by atoms with Crippen LogP contribution in [0.25, 0.3) is 0 Å². The van der Waals surface area contributed by atoms with Crippen LogP contribution in [0.2, 0.25) is 0 Å². The number of hydrogen-bond acceptors (Lipinski definition) is 7. The van der Waals surface area contributed by atoms with Crippen LogP contribution in [0.5, 0.6) is 0 Å². The number of ether oxygens (including phenoxy) is 2. The van der Waals surface area contributed by atoms with E-state index >= 15 is 0 Å². The van der Waals surface area contributed by atoms with Crippen LogP contribution in [0.15, 0.2) is 18.2 Å². The number of carbonyl (C=O) groups excluding carboxylic acids is 4. The third-order valence-corrected chi connectivity index (χ3v) is 6.38. The zero-order valence-electron chi connectivity index (χ0n) is 21.1. The highest BCUT2D eigenvalue weighted by Gasteiger charge is 2.44. The van der Waals surface area contributed by atoms with Crippen molar-refractivity contribution in [2.75, 3.05) is 18.9 Å². The van der Waals surface area contributed by atoms with E-state index < -0.39 is 35.8 Å². The third kappa shape index (κ3) is 6.11. The van der Waals surface area contributed by atoms with Crippen LogP contribution >= 0.6 is 0 Å². The van der Waals surface area contributed by atoms with Crippen molar-refractivity contribution in [1.82, 2.24) is 15.5 Å². The van der Waals surface area contributed by atoms with Gasteiger partial charge < -0.3 is 30.7 Å². The number of hydrogen-bond donors (Lipinski definition) is 3. The molecule has 10 nitrogen and oxygen atoms in total. The first-order valence-electron chi connectivity index (χ1n) is 12.0. The Morgan fingerprint density at radius 2 is 2.00 bits per heavy atom. The Labute approximate surface area is 205 Å². The molecule has 2 fully saturated rings. The molecule has 4 N–H and O–H groups in total. The first-order chi connectivity index (χ1) is 16.4. The summed E-state index contributed by atoms with van der Waals surface area (Å²) in [5, 5.41) is 5.70. The van der Waals surface area contributed by atoms with Gasteiger partial charge in [0.15, 0.2) is 0 Å². The van der Waals surface area contributed by atoms with Gasteiger partial charge >= 0.3 is 5.97 Å². The second kappa shape index (κ2) is 10.6. The molecule has 0 bridgehead atoms. The van der Waals surface area contributed by atoms with Gasteiger partial charge in [-0.05, 0) is 55.9 Å². The Morgan fingerprint density at radius 1 is 1.29 bits per heavy atom. The fourth-order valence-corrected chi connectivity index (χ4v) is 4.40. The minimum absolute atomic E-state index is 0.0127. The molecule has 0 aromatic heterocycles. The van der Waals surface area contributed by atoms with Crippen molar-refractivity contribution in [2.24, 2.45) is 5.41 Å². The smallest absolute Gasteiger partial charge is 0.310 e. The number of anilines is 1. The Kier molecular flexibility index (Phi) is 8.04. The topological polar surface area (TPSA) is 140 Å². The summed E-state index contributed by atoms with van der Waals surface area (Å²) >= 11 is 0. The maximum atomic E-state index is 13.7. The Hall–Kier alpha value is -3.14. The number of aryl methyl sites for hydroxylation is 1. The normalized spacial score (nSPS) is 23.1. The number of rotatable bonds is 7. The fraction of sp³-hybridized carbons (Fsp3) is 0.600. The SMILES string of the molecule is CCO[C@@H]1OC(=O)C[C@@H]1NC(=O)[C@@H]1CCCN1C(=O)[C@@H](NC(=O)c1ccc(N)c(C)c1)C(C)(C)C. The van der Waals surface area contributed by atoms with Gasteiger partial charge in [-0.25, -0.2) is 0 Å². The van der Waals surface area contributed by atoms with Gasteiger partial charge in [-0.2, -0.15) is 0 Å². The van der Waals surface area contributed by atoms with Crippen molar-refractivity contribution < 1.29 is 28.7 Å². The molecule has 0 spiro atoms. The lowest BCUT2D eigenvalue weighted by Gasteiger charge is -2.35. The van der Waals surface area contributed by atoms with Gasteiger partial charge in [0.2, 0.25) is 18.1 Å². The Bertz CT molecular complexity index is 989. The van der Waals surface area contributed by atoms with Crippen molar-refractivity contribution in [2.45, 2.75) is 78.3 Å². The summed E-state index contributed by atoms with van der Waals surface area (Å²) in [4.78, 5) is 53.0. The Morgan fingerprint density at radius 3 is 2.63 bits per heavy atom. The fourth-order valence-electron chi connectivity index (χ4n) is 4.40. The molecule has 3 rings (SSSR count). The second-order valence-corrected chi connectivity index (χ2v) is 10.2. The van der Waals surface area contributed by atoms with Gasteiger partial charge in [-0.3, -0.25) is 19.2 Å². The lowest BCUT2D eigenvalue weighted by Crippen LogP contribution is -2.58. The number of cyclic esters (lactones) is 1. The molecule has 0 saturated carbocycles. The molecule has 0 unspecified atom stereocenters. The molecule has 1 aromatic carbocycles. The van der Waals surface area contributed by atoms with Gasteiger partial charge in [0.05, 0.1) is 6.42 Å².